The summed E-state index contributed by atoms with van der Waals surface area (Å²) in [4.78, 5) is 26.9. The Kier molecular flexibility index (Phi) is 4.67. The van der Waals surface area contributed by atoms with E-state index in [0.717, 1.165) is 4.90 Å². The van der Waals surface area contributed by atoms with Crippen LogP contribution >= 0.6 is 11.6 Å². The summed E-state index contributed by atoms with van der Waals surface area (Å²) < 4.78 is 7.11. The predicted octanol–water partition coefficient (Wildman–Crippen LogP) is 2.33. The van der Waals surface area contributed by atoms with Gasteiger partial charge < -0.3 is 9.73 Å². The van der Waals surface area contributed by atoms with Crippen LogP contribution in [0.5, 0.6) is 0 Å². The Labute approximate surface area is 186 Å². The highest BCUT2D eigenvalue weighted by Gasteiger charge is 2.49. The lowest BCUT2D eigenvalue weighted by Crippen LogP contribution is -2.40. The van der Waals surface area contributed by atoms with Gasteiger partial charge in [-0.3, -0.25) is 9.69 Å². The zero-order valence-corrected chi connectivity index (χ0v) is 17.4. The van der Waals surface area contributed by atoms with Gasteiger partial charge in [-0.2, -0.15) is 0 Å². The van der Waals surface area contributed by atoms with E-state index in [-0.39, 0.29) is 18.3 Å². The van der Waals surface area contributed by atoms with E-state index in [0.29, 0.717) is 21.8 Å². The van der Waals surface area contributed by atoms with Crippen LogP contribution < -0.4 is 5.32 Å². The predicted molar refractivity (Wildman–Crippen MR) is 110 cm³/mol. The van der Waals surface area contributed by atoms with Crippen molar-refractivity contribution in [3.05, 3.63) is 71.3 Å². The third kappa shape index (κ3) is 3.38. The van der Waals surface area contributed by atoms with Crippen LogP contribution in [0.2, 0.25) is 5.02 Å². The van der Waals surface area contributed by atoms with Crippen molar-refractivity contribution in [1.82, 2.24) is 40.6 Å². The second kappa shape index (κ2) is 7.54. The number of amides is 3. The van der Waals surface area contributed by atoms with Gasteiger partial charge in [0.1, 0.15) is 18.4 Å². The monoisotopic (exact) mass is 450 g/mol. The number of nitrogens with one attached hydrogen (secondary N) is 1. The maximum Gasteiger partial charge on any atom is 0.325 e. The first kappa shape index (κ1) is 19.8. The van der Waals surface area contributed by atoms with E-state index in [9.17, 15) is 9.59 Å². The summed E-state index contributed by atoms with van der Waals surface area (Å²) >= 11 is 5.90. The van der Waals surface area contributed by atoms with E-state index in [4.69, 9.17) is 16.0 Å². The highest BCUT2D eigenvalue weighted by atomic mass is 35.5. The van der Waals surface area contributed by atoms with Crippen LogP contribution in [0.4, 0.5) is 4.79 Å². The zero-order valence-electron chi connectivity index (χ0n) is 16.6. The van der Waals surface area contributed by atoms with Gasteiger partial charge in [0, 0.05) is 10.6 Å². The summed E-state index contributed by atoms with van der Waals surface area (Å²) in [6, 6.07) is 13.4. The Balaban J connectivity index is 1.39. The van der Waals surface area contributed by atoms with Crippen LogP contribution in [0.1, 0.15) is 18.4 Å². The average molecular weight is 451 g/mol. The van der Waals surface area contributed by atoms with Crippen LogP contribution in [0.15, 0.2) is 59.3 Å². The molecule has 4 aromatic rings. The van der Waals surface area contributed by atoms with Crippen LogP contribution in [0, 0.1) is 0 Å². The molecule has 0 radical (unpaired) electrons. The Bertz CT molecular complexity index is 1300. The van der Waals surface area contributed by atoms with Crippen molar-refractivity contribution in [1.29, 1.82) is 0 Å². The van der Waals surface area contributed by atoms with E-state index in [1.807, 2.05) is 0 Å². The molecule has 0 unspecified atom stereocenters. The van der Waals surface area contributed by atoms with Crippen molar-refractivity contribution in [2.75, 3.05) is 0 Å². The Morgan fingerprint density at radius 1 is 1.12 bits per heavy atom. The Morgan fingerprint density at radius 2 is 1.94 bits per heavy atom. The molecule has 2 aromatic heterocycles. The lowest BCUT2D eigenvalue weighted by molar-refractivity contribution is -0.131. The number of rotatable bonds is 5. The minimum Gasteiger partial charge on any atom is -0.419 e. The number of carbonyl (C=O) groups is 2. The molecule has 0 aliphatic carbocycles. The third-order valence-corrected chi connectivity index (χ3v) is 5.42. The van der Waals surface area contributed by atoms with Crippen LogP contribution in [-0.4, -0.2) is 47.2 Å². The van der Waals surface area contributed by atoms with Crippen LogP contribution in [0.3, 0.4) is 0 Å². The van der Waals surface area contributed by atoms with E-state index >= 15 is 0 Å². The molecule has 1 aliphatic rings. The Morgan fingerprint density at radius 3 is 2.69 bits per heavy atom. The maximum absolute atomic E-state index is 13.2. The van der Waals surface area contributed by atoms with Gasteiger partial charge in [0.25, 0.3) is 5.91 Å². The fourth-order valence-electron chi connectivity index (χ4n) is 3.44. The van der Waals surface area contributed by atoms with E-state index in [1.54, 1.807) is 55.5 Å². The quantitative estimate of drug-likeness (QED) is 0.458. The van der Waals surface area contributed by atoms with E-state index < -0.39 is 17.5 Å². The summed E-state index contributed by atoms with van der Waals surface area (Å²) in [6.07, 6.45) is 1.44. The number of urea groups is 1. The van der Waals surface area contributed by atoms with Gasteiger partial charge >= 0.3 is 6.03 Å². The average Bonchev–Trinajstić information content (AvgIpc) is 3.53. The molecule has 2 aromatic carbocycles. The van der Waals surface area contributed by atoms with Crippen LogP contribution in [-0.2, 0) is 16.9 Å². The van der Waals surface area contributed by atoms with Crippen LogP contribution in [0.25, 0.3) is 17.1 Å². The van der Waals surface area contributed by atoms with Gasteiger partial charge in [0.2, 0.25) is 11.8 Å². The lowest BCUT2D eigenvalue weighted by atomic mass is 9.91. The van der Waals surface area contributed by atoms with Crippen molar-refractivity contribution in [3.8, 4) is 17.1 Å². The van der Waals surface area contributed by atoms with Crippen molar-refractivity contribution >= 4 is 23.5 Å². The van der Waals surface area contributed by atoms with Crippen molar-refractivity contribution in [2.45, 2.75) is 19.0 Å². The molecule has 32 heavy (non-hydrogen) atoms. The highest BCUT2D eigenvalue weighted by Crippen LogP contribution is 2.31. The molecule has 1 N–H and O–H groups in total. The number of hydrogen-bond donors (Lipinski definition) is 1. The zero-order chi connectivity index (χ0) is 22.3. The van der Waals surface area contributed by atoms with Crippen molar-refractivity contribution < 1.29 is 14.0 Å². The molecule has 0 spiro atoms. The molecular weight excluding hydrogens is 436 g/mol. The van der Waals surface area contributed by atoms with Gasteiger partial charge in [-0.25, -0.2) is 9.48 Å². The molecule has 1 saturated heterocycles. The number of imide groups is 1. The van der Waals surface area contributed by atoms with E-state index in [1.165, 1.54) is 11.0 Å². The minimum atomic E-state index is -1.28. The molecule has 1 atom stereocenters. The highest BCUT2D eigenvalue weighted by molar-refractivity contribution is 6.30. The molecule has 1 fully saturated rings. The summed E-state index contributed by atoms with van der Waals surface area (Å²) in [6.45, 7) is 1.48. The number of nitrogens with zero attached hydrogens (tertiary/aromatic N) is 7. The molecule has 3 amide bonds. The second-order valence-corrected chi connectivity index (χ2v) is 7.70. The van der Waals surface area contributed by atoms with Gasteiger partial charge in [-0.15, -0.1) is 15.3 Å². The van der Waals surface area contributed by atoms with E-state index in [2.05, 4.69) is 31.0 Å². The molecule has 5 rings (SSSR count). The number of carbonyl (C=O) groups excluding carboxylic acids is 2. The first-order valence-corrected chi connectivity index (χ1v) is 9.88. The van der Waals surface area contributed by atoms with Crippen molar-refractivity contribution in [2.24, 2.45) is 0 Å². The summed E-state index contributed by atoms with van der Waals surface area (Å²) in [7, 11) is 0. The van der Waals surface area contributed by atoms with Gasteiger partial charge in [-0.05, 0) is 59.3 Å². The number of halogens is 1. The summed E-state index contributed by atoms with van der Waals surface area (Å²) in [5.74, 6) is -0.0478. The molecule has 0 saturated carbocycles. The fraction of sp³-hybridized carbons (Fsp3) is 0.150. The first-order valence-electron chi connectivity index (χ1n) is 9.50. The largest absolute Gasteiger partial charge is 0.419 e. The Hall–Kier alpha value is -4.12. The molecule has 1 aliphatic heterocycles. The molecule has 160 valence electrons. The number of tetrazole rings is 1. The smallest absolute Gasteiger partial charge is 0.325 e. The maximum atomic E-state index is 13.2. The standard InChI is InChI=1S/C20H15ClN8O3/c1-20(13-3-2-4-15(9-13)29-11-22-26-27-29)18(30)28(19(31)23-20)10-16-24-25-17(32-16)12-5-7-14(21)8-6-12/h2-9,11H,10H2,1H3,(H,23,31)/t20-/m0/s1. The topological polar surface area (TPSA) is 132 Å². The number of benzene rings is 2. The lowest BCUT2D eigenvalue weighted by Gasteiger charge is -2.22. The SMILES string of the molecule is C[C@@]1(c2cccc(-n3cnnn3)c2)NC(=O)N(Cc2nnc(-c3ccc(Cl)cc3)o2)C1=O. The normalized spacial score (nSPS) is 18.2. The van der Waals surface area contributed by atoms with Crippen molar-refractivity contribution in [3.63, 3.8) is 0 Å². The fourth-order valence-corrected chi connectivity index (χ4v) is 3.56. The number of aromatic nitrogens is 6. The molecule has 11 nitrogen and oxygen atoms in total. The van der Waals surface area contributed by atoms with Gasteiger partial charge in [0.15, 0.2) is 0 Å². The summed E-state index contributed by atoms with van der Waals surface area (Å²) in [5.41, 5.74) is 0.632. The van der Waals surface area contributed by atoms with Gasteiger partial charge in [-0.1, -0.05) is 23.7 Å². The molecule has 3 heterocycles. The minimum absolute atomic E-state index is 0.130. The number of hydrogen-bond acceptors (Lipinski definition) is 8. The second-order valence-electron chi connectivity index (χ2n) is 7.26. The third-order valence-electron chi connectivity index (χ3n) is 5.16. The summed E-state index contributed by atoms with van der Waals surface area (Å²) in [5, 5.41) is 22.4. The first-order chi connectivity index (χ1) is 15.4. The molecule has 0 bridgehead atoms. The molecule has 12 heteroatoms. The molecular formula is C20H15ClN8O3. The van der Waals surface area contributed by atoms with Gasteiger partial charge in [0.05, 0.1) is 5.69 Å².